The molecular weight excluding hydrogens is 938 g/mol. The van der Waals surface area contributed by atoms with Gasteiger partial charge in [-0.1, -0.05) is 13.8 Å². The molecule has 1 aliphatic carbocycles. The Balaban J connectivity index is 0.00000596. The van der Waals surface area contributed by atoms with Gasteiger partial charge in [0.05, 0.1) is 29.6 Å². The van der Waals surface area contributed by atoms with Crippen LogP contribution in [0.15, 0.2) is 71.9 Å². The number of benzene rings is 1. The molecule has 6 aliphatic rings. The summed E-state index contributed by atoms with van der Waals surface area (Å²) in [6.45, 7) is 13.0. The molecule has 72 heavy (non-hydrogen) atoms. The Bertz CT molecular complexity index is 3110. The van der Waals surface area contributed by atoms with E-state index in [0.717, 1.165) is 68.1 Å². The van der Waals surface area contributed by atoms with E-state index in [9.17, 15) is 33.9 Å². The average Bonchev–Trinajstić information content (AvgIpc) is 3.94. The molecule has 376 valence electrons. The number of rotatable bonds is 9. The average molecular weight is 999 g/mol. The SMILES string of the molecule is C[C@H]1C[C@@H](N2CCN(c3ccc(Nc4cc(-c5ccnc(N6CCn7c(cc8c7CC(C)(C)C8)C6=O)c5CO)cn(C)c4=O)nc3)[C@@H](C)C2)CCN1c1ccc2c(c1)C(=O)N(C1CCC(=O)NC1=O)C2=O.Cl. The molecule has 3 fully saturated rings. The van der Waals surface area contributed by atoms with Gasteiger partial charge in [-0.15, -0.1) is 12.4 Å². The predicted molar refractivity (Wildman–Crippen MR) is 274 cm³/mol. The summed E-state index contributed by atoms with van der Waals surface area (Å²) < 4.78 is 3.66. The van der Waals surface area contributed by atoms with Crippen molar-refractivity contribution in [1.29, 1.82) is 0 Å². The Morgan fingerprint density at radius 2 is 1.58 bits per heavy atom. The number of piperidine rings is 2. The molecule has 9 heterocycles. The number of imide groups is 2. The van der Waals surface area contributed by atoms with E-state index in [1.165, 1.54) is 15.8 Å². The molecule has 19 heteroatoms. The second kappa shape index (κ2) is 18.6. The van der Waals surface area contributed by atoms with Crippen molar-refractivity contribution in [3.05, 3.63) is 111 Å². The molecule has 1 aromatic carbocycles. The molecule has 11 rings (SSSR count). The zero-order valence-electron chi connectivity index (χ0n) is 41.2. The van der Waals surface area contributed by atoms with E-state index in [1.807, 2.05) is 30.5 Å². The van der Waals surface area contributed by atoms with E-state index in [1.54, 1.807) is 48.6 Å². The number of nitrogens with zero attached hydrogens (tertiary/aromatic N) is 9. The highest BCUT2D eigenvalue weighted by atomic mass is 35.5. The van der Waals surface area contributed by atoms with E-state index < -0.39 is 29.7 Å². The number of nitrogens with one attached hydrogen (secondary N) is 2. The van der Waals surface area contributed by atoms with Gasteiger partial charge in [-0.25, -0.2) is 9.97 Å². The third-order valence-corrected chi connectivity index (χ3v) is 15.7. The van der Waals surface area contributed by atoms with Gasteiger partial charge in [0.1, 0.15) is 29.1 Å². The number of piperazine rings is 1. The van der Waals surface area contributed by atoms with E-state index >= 15 is 0 Å². The van der Waals surface area contributed by atoms with Crippen molar-refractivity contribution in [1.82, 2.24) is 34.2 Å². The van der Waals surface area contributed by atoms with Crippen molar-refractivity contribution in [3.8, 4) is 11.1 Å². The van der Waals surface area contributed by atoms with Crippen LogP contribution in [0.1, 0.15) is 101 Å². The van der Waals surface area contributed by atoms with Crippen LogP contribution in [0.25, 0.3) is 11.1 Å². The van der Waals surface area contributed by atoms with Gasteiger partial charge in [0.15, 0.2) is 0 Å². The second-order valence-corrected chi connectivity index (χ2v) is 21.0. The van der Waals surface area contributed by atoms with Crippen LogP contribution in [-0.4, -0.2) is 120 Å². The summed E-state index contributed by atoms with van der Waals surface area (Å²) in [5.41, 5.74) is 7.64. The van der Waals surface area contributed by atoms with Crippen LogP contribution >= 0.6 is 12.4 Å². The Morgan fingerprint density at radius 3 is 2.32 bits per heavy atom. The van der Waals surface area contributed by atoms with Gasteiger partial charge in [-0.2, -0.15) is 0 Å². The number of carbonyl (C=O) groups is 5. The number of anilines is 5. The first-order chi connectivity index (χ1) is 34.1. The number of carbonyl (C=O) groups excluding carboxylic acids is 5. The summed E-state index contributed by atoms with van der Waals surface area (Å²) in [5.74, 6) is -1.24. The number of aliphatic hydroxyl groups excluding tert-OH is 1. The van der Waals surface area contributed by atoms with E-state index in [2.05, 4.69) is 62.6 Å². The van der Waals surface area contributed by atoms with Crippen molar-refractivity contribution in [3.63, 3.8) is 0 Å². The first-order valence-electron chi connectivity index (χ1n) is 24.8. The summed E-state index contributed by atoms with van der Waals surface area (Å²) in [6, 6.07) is 14.6. The van der Waals surface area contributed by atoms with Gasteiger partial charge >= 0.3 is 0 Å². The summed E-state index contributed by atoms with van der Waals surface area (Å²) in [4.78, 5) is 98.0. The third-order valence-electron chi connectivity index (χ3n) is 15.7. The number of fused-ring (bicyclic) bond motifs is 4. The Labute approximate surface area is 423 Å². The fourth-order valence-corrected chi connectivity index (χ4v) is 12.2. The molecule has 0 spiro atoms. The first kappa shape index (κ1) is 48.7. The fourth-order valence-electron chi connectivity index (χ4n) is 12.2. The summed E-state index contributed by atoms with van der Waals surface area (Å²) in [7, 11) is 1.69. The minimum Gasteiger partial charge on any atom is -0.392 e. The molecular formula is C53H60ClN11O7. The lowest BCUT2D eigenvalue weighted by molar-refractivity contribution is -0.136. The highest BCUT2D eigenvalue weighted by molar-refractivity contribution is 6.23. The second-order valence-electron chi connectivity index (χ2n) is 21.0. The monoisotopic (exact) mass is 997 g/mol. The minimum atomic E-state index is -0.998. The minimum absolute atomic E-state index is 0. The summed E-state index contributed by atoms with van der Waals surface area (Å²) in [5, 5.41) is 16.3. The molecule has 5 aliphatic heterocycles. The molecule has 5 aromatic rings. The predicted octanol–water partition coefficient (Wildman–Crippen LogP) is 5.06. The van der Waals surface area contributed by atoms with Gasteiger partial charge in [-0.05, 0) is 111 Å². The zero-order valence-corrected chi connectivity index (χ0v) is 42.0. The maximum absolute atomic E-state index is 14.0. The van der Waals surface area contributed by atoms with Crippen LogP contribution in [0, 0.1) is 5.41 Å². The standard InChI is InChI=1S/C53H59N11O7.ClH/c1-30-20-34(13-15-60(30)35-6-8-38-39(23-35)50(69)64(49(38)68)42-9-11-46(66)57-48(42)67)59-16-17-61(31(2)27-59)36-7-10-45(55-26-36)56-41-21-33(28-58(5)51(41)70)37-12-14-54-47(40(37)29-65)63-19-18-62-43(52(63)71)22-32-24-53(3,4)25-44(32)62;/h6-8,10,12,14,21-23,26,28,30-31,34,42,65H,9,11,13,15-20,24-25,27,29H2,1-5H3,(H,55,56)(H,57,66,67);1H/t30-,31-,34-,42?;/m0./s1. The van der Waals surface area contributed by atoms with Gasteiger partial charge in [0.2, 0.25) is 11.8 Å². The van der Waals surface area contributed by atoms with Crippen molar-refractivity contribution in [2.24, 2.45) is 12.5 Å². The number of aromatic nitrogens is 4. The molecule has 5 amide bonds. The molecule has 4 atom stereocenters. The number of hydrogen-bond donors (Lipinski definition) is 3. The maximum atomic E-state index is 14.0. The number of aryl methyl sites for hydroxylation is 1. The maximum Gasteiger partial charge on any atom is 0.276 e. The highest BCUT2D eigenvalue weighted by Gasteiger charge is 2.45. The van der Waals surface area contributed by atoms with E-state index in [4.69, 9.17) is 4.98 Å². The van der Waals surface area contributed by atoms with Crippen molar-refractivity contribution >= 4 is 70.6 Å². The lowest BCUT2D eigenvalue weighted by Crippen LogP contribution is -2.58. The number of amides is 5. The number of aliphatic hydroxyl groups is 1. The van der Waals surface area contributed by atoms with Crippen LogP contribution in [0.4, 0.5) is 28.7 Å². The van der Waals surface area contributed by atoms with Gasteiger partial charge in [0, 0.05) is 106 Å². The Kier molecular flexibility index (Phi) is 12.6. The van der Waals surface area contributed by atoms with Gasteiger partial charge < -0.3 is 29.4 Å². The normalized spacial score (nSPS) is 22.9. The van der Waals surface area contributed by atoms with Gasteiger partial charge in [-0.3, -0.25) is 48.8 Å². The first-order valence-corrected chi connectivity index (χ1v) is 24.8. The molecule has 0 saturated carbocycles. The van der Waals surface area contributed by atoms with Crippen LogP contribution in [0.5, 0.6) is 0 Å². The third kappa shape index (κ3) is 8.41. The van der Waals surface area contributed by atoms with E-state index in [-0.39, 0.29) is 71.9 Å². The largest absolute Gasteiger partial charge is 0.392 e. The summed E-state index contributed by atoms with van der Waals surface area (Å²) in [6.07, 6.45) is 9.14. The Morgan fingerprint density at radius 1 is 0.806 bits per heavy atom. The summed E-state index contributed by atoms with van der Waals surface area (Å²) >= 11 is 0. The van der Waals surface area contributed by atoms with Crippen LogP contribution < -0.4 is 30.9 Å². The quantitative estimate of drug-likeness (QED) is 0.166. The topological polar surface area (TPSA) is 199 Å². The molecule has 4 aromatic heterocycles. The number of pyridine rings is 3. The molecule has 0 radical (unpaired) electrons. The molecule has 18 nitrogen and oxygen atoms in total. The lowest BCUT2D eigenvalue weighted by Gasteiger charge is -2.48. The molecule has 1 unspecified atom stereocenters. The van der Waals surface area contributed by atoms with Crippen LogP contribution in [0.2, 0.25) is 0 Å². The lowest BCUT2D eigenvalue weighted by atomic mass is 9.90. The molecule has 3 N–H and O–H groups in total. The number of hydrogen-bond acceptors (Lipinski definition) is 13. The van der Waals surface area contributed by atoms with Crippen LogP contribution in [0.3, 0.4) is 0 Å². The highest BCUT2D eigenvalue weighted by Crippen LogP contribution is 2.41. The smallest absolute Gasteiger partial charge is 0.276 e. The van der Waals surface area contributed by atoms with Crippen molar-refractivity contribution in [2.75, 3.05) is 52.7 Å². The number of halogens is 1. The zero-order chi connectivity index (χ0) is 49.6. The van der Waals surface area contributed by atoms with Gasteiger partial charge in [0.25, 0.3) is 23.3 Å². The van der Waals surface area contributed by atoms with Crippen molar-refractivity contribution in [2.45, 2.75) is 104 Å². The molecule has 0 bridgehead atoms. The van der Waals surface area contributed by atoms with Crippen LogP contribution in [-0.2, 0) is 42.6 Å². The molecule has 3 saturated heterocycles. The van der Waals surface area contributed by atoms with Crippen molar-refractivity contribution < 1.29 is 29.1 Å². The fraction of sp³-hybridized carbons (Fsp3) is 0.434. The van der Waals surface area contributed by atoms with E-state index in [0.29, 0.717) is 58.8 Å². The Hall–Kier alpha value is -6.89.